The van der Waals surface area contributed by atoms with Gasteiger partial charge in [0.15, 0.2) is 0 Å². The minimum atomic E-state index is -1.57. The van der Waals surface area contributed by atoms with E-state index in [1.54, 1.807) is 0 Å². The van der Waals surface area contributed by atoms with Crippen molar-refractivity contribution in [2.45, 2.75) is 90.9 Å². The molecular weight excluding hydrogens is 688 g/mol. The molecule has 11 heteroatoms. The zero-order valence-electron chi connectivity index (χ0n) is 28.0. The van der Waals surface area contributed by atoms with Crippen molar-refractivity contribution in [1.82, 2.24) is 0 Å². The van der Waals surface area contributed by atoms with Crippen LogP contribution in [0.2, 0.25) is 0 Å². The topological polar surface area (TPSA) is 18.5 Å². The molecule has 0 fully saturated rings. The van der Waals surface area contributed by atoms with E-state index in [4.69, 9.17) is 9.47 Å². The van der Waals surface area contributed by atoms with Crippen LogP contribution in [0.5, 0.6) is 11.5 Å². The SMILES string of the molecule is CCCCCCCCOc1c(F)c(F)[c-]c(F)c1F.CCCCCCCCOc1c(F)c(F)[c-]c(F)c1F.[Ti+4].c1cc[cH-]c1.c1cc[cH-]c1. The van der Waals surface area contributed by atoms with Crippen LogP contribution < -0.4 is 9.47 Å². The average molecular weight is 733 g/mol. The van der Waals surface area contributed by atoms with Gasteiger partial charge in [-0.1, -0.05) is 78.1 Å². The summed E-state index contributed by atoms with van der Waals surface area (Å²) in [7, 11) is 0. The van der Waals surface area contributed by atoms with Crippen LogP contribution in [0.3, 0.4) is 0 Å². The fraction of sp³-hybridized carbons (Fsp3) is 0.421. The van der Waals surface area contributed by atoms with Crippen molar-refractivity contribution in [1.29, 1.82) is 0 Å². The number of ether oxygens (including phenoxy) is 2. The molecular formula is C38H44F8O2Ti. The maximum Gasteiger partial charge on any atom is 4.00 e. The molecule has 0 atom stereocenters. The van der Waals surface area contributed by atoms with Crippen LogP contribution >= 0.6 is 0 Å². The van der Waals surface area contributed by atoms with E-state index >= 15 is 0 Å². The first-order valence-corrected chi connectivity index (χ1v) is 16.2. The van der Waals surface area contributed by atoms with Crippen molar-refractivity contribution in [3.8, 4) is 11.5 Å². The van der Waals surface area contributed by atoms with Crippen LogP contribution in [0.25, 0.3) is 0 Å². The van der Waals surface area contributed by atoms with Crippen molar-refractivity contribution in [3.63, 3.8) is 0 Å². The Morgan fingerprint density at radius 2 is 0.714 bits per heavy atom. The summed E-state index contributed by atoms with van der Waals surface area (Å²) in [5.74, 6) is -14.4. The summed E-state index contributed by atoms with van der Waals surface area (Å²) in [6.45, 7) is 4.26. The van der Waals surface area contributed by atoms with E-state index < -0.39 is 58.0 Å². The van der Waals surface area contributed by atoms with Gasteiger partial charge in [-0.25, -0.2) is 41.8 Å². The number of halogens is 8. The van der Waals surface area contributed by atoms with Gasteiger partial charge in [0.1, 0.15) is 0 Å². The molecule has 4 aromatic carbocycles. The minimum Gasteiger partial charge on any atom is -0.513 e. The van der Waals surface area contributed by atoms with Gasteiger partial charge in [0.2, 0.25) is 0 Å². The molecule has 0 aliphatic carbocycles. The van der Waals surface area contributed by atoms with Gasteiger partial charge >= 0.3 is 21.7 Å². The summed E-state index contributed by atoms with van der Waals surface area (Å²) in [5, 5.41) is 0. The predicted octanol–water partition coefficient (Wildman–Crippen LogP) is 12.4. The van der Waals surface area contributed by atoms with Crippen LogP contribution in [-0.2, 0) is 21.7 Å². The summed E-state index contributed by atoms with van der Waals surface area (Å²) in [6, 6.07) is 22.6. The van der Waals surface area contributed by atoms with Crippen molar-refractivity contribution in [3.05, 3.63) is 119 Å². The molecule has 268 valence electrons. The Morgan fingerprint density at radius 3 is 0.959 bits per heavy atom. The molecule has 0 bridgehead atoms. The predicted molar refractivity (Wildman–Crippen MR) is 172 cm³/mol. The zero-order valence-corrected chi connectivity index (χ0v) is 29.6. The van der Waals surface area contributed by atoms with Crippen molar-refractivity contribution >= 4 is 0 Å². The third-order valence-electron chi connectivity index (χ3n) is 6.61. The summed E-state index contributed by atoms with van der Waals surface area (Å²) in [4.78, 5) is 0. The first-order chi connectivity index (χ1) is 23.1. The molecule has 0 spiro atoms. The smallest absolute Gasteiger partial charge is 0.513 e. The molecule has 0 amide bonds. The normalized spacial score (nSPS) is 10.0. The summed E-state index contributed by atoms with van der Waals surface area (Å²) in [5.41, 5.74) is 0. The number of rotatable bonds is 16. The molecule has 0 radical (unpaired) electrons. The maximum absolute atomic E-state index is 13.2. The van der Waals surface area contributed by atoms with E-state index in [9.17, 15) is 35.1 Å². The van der Waals surface area contributed by atoms with Crippen molar-refractivity contribution in [2.24, 2.45) is 0 Å². The van der Waals surface area contributed by atoms with Gasteiger partial charge < -0.3 is 9.47 Å². The largest absolute Gasteiger partial charge is 4.00 e. The molecule has 0 N–H and O–H groups in total. The van der Waals surface area contributed by atoms with E-state index in [0.29, 0.717) is 12.8 Å². The van der Waals surface area contributed by atoms with E-state index in [-0.39, 0.29) is 34.9 Å². The molecule has 0 unspecified atom stereocenters. The molecule has 0 saturated heterocycles. The molecule has 0 aliphatic heterocycles. The fourth-order valence-corrected chi connectivity index (χ4v) is 4.01. The first kappa shape index (κ1) is 45.9. The van der Waals surface area contributed by atoms with Crippen molar-refractivity contribution in [2.75, 3.05) is 13.2 Å². The average Bonchev–Trinajstić information content (AvgIpc) is 3.86. The van der Waals surface area contributed by atoms with Gasteiger partial charge in [-0.15, -0.1) is 12.1 Å². The Bertz CT molecular complexity index is 1160. The van der Waals surface area contributed by atoms with E-state index in [0.717, 1.165) is 64.2 Å². The number of benzene rings is 2. The van der Waals surface area contributed by atoms with Crippen LogP contribution in [0.1, 0.15) is 90.9 Å². The van der Waals surface area contributed by atoms with Gasteiger partial charge in [0.25, 0.3) is 0 Å². The molecule has 4 aromatic rings. The first-order valence-electron chi connectivity index (χ1n) is 16.2. The zero-order chi connectivity index (χ0) is 35.6. The third-order valence-corrected chi connectivity index (χ3v) is 6.61. The minimum absolute atomic E-state index is 0. The second-order valence-electron chi connectivity index (χ2n) is 10.6. The van der Waals surface area contributed by atoms with Gasteiger partial charge in [0, 0.05) is 0 Å². The Morgan fingerprint density at radius 1 is 0.449 bits per heavy atom. The van der Waals surface area contributed by atoms with Crippen LogP contribution in [0, 0.1) is 58.7 Å². The van der Waals surface area contributed by atoms with Gasteiger partial charge in [-0.3, -0.25) is 17.6 Å². The van der Waals surface area contributed by atoms with Crippen LogP contribution in [0.15, 0.2) is 60.7 Å². The van der Waals surface area contributed by atoms with Gasteiger partial charge in [-0.05, 0) is 12.8 Å². The molecule has 0 aliphatic rings. The fourth-order valence-electron chi connectivity index (χ4n) is 4.01. The van der Waals surface area contributed by atoms with Crippen LogP contribution in [0.4, 0.5) is 35.1 Å². The van der Waals surface area contributed by atoms with Gasteiger partial charge in [0.05, 0.1) is 71.3 Å². The Labute approximate surface area is 300 Å². The number of hydrogen-bond acceptors (Lipinski definition) is 2. The molecule has 0 heterocycles. The Balaban J connectivity index is 0.000000717. The number of hydrogen-bond donors (Lipinski definition) is 0. The maximum atomic E-state index is 13.2. The van der Waals surface area contributed by atoms with E-state index in [1.807, 2.05) is 60.7 Å². The molecule has 4 rings (SSSR count). The summed E-state index contributed by atoms with van der Waals surface area (Å²) >= 11 is 0. The Kier molecular flexibility index (Phi) is 26.9. The molecule has 0 aromatic heterocycles. The second-order valence-corrected chi connectivity index (χ2v) is 10.6. The summed E-state index contributed by atoms with van der Waals surface area (Å²) < 4.78 is 114. The Hall–Kier alpha value is -3.11. The monoisotopic (exact) mass is 732 g/mol. The van der Waals surface area contributed by atoms with Crippen LogP contribution in [-0.4, -0.2) is 13.2 Å². The third kappa shape index (κ3) is 19.6. The molecule has 49 heavy (non-hydrogen) atoms. The molecule has 2 nitrogen and oxygen atoms in total. The second kappa shape index (κ2) is 28.7. The quantitative estimate of drug-likeness (QED) is 0.0375. The summed E-state index contributed by atoms with van der Waals surface area (Å²) in [6.07, 6.45) is 11.7. The van der Waals surface area contributed by atoms with Gasteiger partial charge in [-0.2, -0.15) is 36.4 Å². The number of unbranched alkanes of at least 4 members (excludes halogenated alkanes) is 10. The molecule has 0 saturated carbocycles. The van der Waals surface area contributed by atoms with Crippen molar-refractivity contribution < 1.29 is 66.3 Å². The van der Waals surface area contributed by atoms with E-state index in [2.05, 4.69) is 13.8 Å². The van der Waals surface area contributed by atoms with E-state index in [1.165, 1.54) is 12.1 Å². The standard InChI is InChI=1S/2C14H17F4O.2C5H5.Ti/c2*1-2-3-4-5-6-7-8-19-14-12(17)10(15)9-11(16)13(14)18;2*1-2-4-5-3-1;/h2*2-8H2,1H3;2*1-5H;/q4*-1;+4.